The van der Waals surface area contributed by atoms with Crippen LogP contribution in [0, 0.1) is 6.92 Å². The third-order valence-electron chi connectivity index (χ3n) is 2.92. The summed E-state index contributed by atoms with van der Waals surface area (Å²) in [6.45, 7) is 2.72. The average molecular weight is 218 g/mol. The zero-order valence-corrected chi connectivity index (χ0v) is 10.1. The molecule has 0 saturated carbocycles. The maximum atomic E-state index is 5.58. The van der Waals surface area contributed by atoms with Crippen molar-refractivity contribution in [3.05, 3.63) is 29.7 Å². The van der Waals surface area contributed by atoms with Crippen LogP contribution < -0.4 is 5.73 Å². The molecule has 4 heteroatoms. The third kappa shape index (κ3) is 1.76. The van der Waals surface area contributed by atoms with Crippen molar-refractivity contribution in [2.24, 2.45) is 19.8 Å². The lowest BCUT2D eigenvalue weighted by Crippen LogP contribution is -2.07. The molecule has 0 radical (unpaired) electrons. The van der Waals surface area contributed by atoms with Gasteiger partial charge in [-0.25, -0.2) is 0 Å². The maximum Gasteiger partial charge on any atom is 0.0686 e. The molecule has 0 atom stereocenters. The first kappa shape index (κ1) is 11.0. The van der Waals surface area contributed by atoms with Gasteiger partial charge in [-0.15, -0.1) is 0 Å². The van der Waals surface area contributed by atoms with E-state index in [2.05, 4.69) is 35.0 Å². The molecule has 86 valence electrons. The highest BCUT2D eigenvalue weighted by Crippen LogP contribution is 2.24. The fourth-order valence-corrected chi connectivity index (χ4v) is 2.07. The Morgan fingerprint density at radius 1 is 1.31 bits per heavy atom. The minimum Gasteiger partial charge on any atom is -0.348 e. The van der Waals surface area contributed by atoms with Crippen LogP contribution in [0.15, 0.2) is 18.3 Å². The molecule has 0 aliphatic rings. The molecule has 16 heavy (non-hydrogen) atoms. The molecule has 0 aromatic carbocycles. The van der Waals surface area contributed by atoms with Gasteiger partial charge in [-0.2, -0.15) is 5.10 Å². The number of hydrogen-bond donors (Lipinski definition) is 1. The molecule has 0 bridgehead atoms. The Kier molecular flexibility index (Phi) is 2.83. The van der Waals surface area contributed by atoms with Gasteiger partial charge >= 0.3 is 0 Å². The van der Waals surface area contributed by atoms with Gasteiger partial charge in [0.1, 0.15) is 0 Å². The molecule has 0 aliphatic heterocycles. The molecule has 4 nitrogen and oxygen atoms in total. The van der Waals surface area contributed by atoms with Crippen molar-refractivity contribution in [2.75, 3.05) is 6.54 Å². The summed E-state index contributed by atoms with van der Waals surface area (Å²) in [5.74, 6) is 0. The Morgan fingerprint density at radius 3 is 2.62 bits per heavy atom. The molecule has 2 heterocycles. The van der Waals surface area contributed by atoms with E-state index in [0.717, 1.165) is 12.1 Å². The molecular weight excluding hydrogens is 200 g/mol. The van der Waals surface area contributed by atoms with Gasteiger partial charge in [-0.1, -0.05) is 0 Å². The lowest BCUT2D eigenvalue weighted by molar-refractivity contribution is 0.756. The predicted octanol–water partition coefficient (Wildman–Crippen LogP) is 1.24. The highest BCUT2D eigenvalue weighted by atomic mass is 15.3. The zero-order valence-electron chi connectivity index (χ0n) is 10.1. The summed E-state index contributed by atoms with van der Waals surface area (Å²) in [5, 5.41) is 4.36. The number of nitrogens with zero attached hydrogens (tertiary/aromatic N) is 3. The SMILES string of the molecule is Cc1nn(C)cc1-c1ccc(CCN)n1C. The monoisotopic (exact) mass is 218 g/mol. The van der Waals surface area contributed by atoms with Crippen LogP contribution in [0.3, 0.4) is 0 Å². The predicted molar refractivity (Wildman–Crippen MR) is 65.1 cm³/mol. The van der Waals surface area contributed by atoms with E-state index in [1.165, 1.54) is 17.0 Å². The standard InChI is InChI=1S/C12H18N4/c1-9-11(8-15(2)14-9)12-5-4-10(6-7-13)16(12)3/h4-5,8H,6-7,13H2,1-3H3. The van der Waals surface area contributed by atoms with Gasteiger partial charge in [0.2, 0.25) is 0 Å². The summed E-state index contributed by atoms with van der Waals surface area (Å²) < 4.78 is 4.04. The smallest absolute Gasteiger partial charge is 0.0686 e. The summed E-state index contributed by atoms with van der Waals surface area (Å²) in [5.41, 5.74) is 10.3. The highest BCUT2D eigenvalue weighted by Gasteiger charge is 2.11. The largest absolute Gasteiger partial charge is 0.348 e. The van der Waals surface area contributed by atoms with E-state index in [4.69, 9.17) is 5.73 Å². The number of hydrogen-bond acceptors (Lipinski definition) is 2. The first-order valence-electron chi connectivity index (χ1n) is 5.48. The van der Waals surface area contributed by atoms with Crippen LogP contribution in [0.1, 0.15) is 11.4 Å². The molecular formula is C12H18N4. The topological polar surface area (TPSA) is 48.8 Å². The van der Waals surface area contributed by atoms with Gasteiger partial charge in [0.15, 0.2) is 0 Å². The highest BCUT2D eigenvalue weighted by molar-refractivity contribution is 5.62. The van der Waals surface area contributed by atoms with Crippen molar-refractivity contribution < 1.29 is 0 Å². The van der Waals surface area contributed by atoms with Crippen LogP contribution in [0.5, 0.6) is 0 Å². The maximum absolute atomic E-state index is 5.58. The number of aromatic nitrogens is 3. The van der Waals surface area contributed by atoms with Gasteiger partial charge in [0.05, 0.1) is 11.4 Å². The van der Waals surface area contributed by atoms with Crippen molar-refractivity contribution in [3.8, 4) is 11.3 Å². The normalized spacial score (nSPS) is 11.0. The summed E-state index contributed by atoms with van der Waals surface area (Å²) in [4.78, 5) is 0. The molecule has 0 spiro atoms. The van der Waals surface area contributed by atoms with E-state index < -0.39 is 0 Å². The summed E-state index contributed by atoms with van der Waals surface area (Å²) >= 11 is 0. The van der Waals surface area contributed by atoms with Crippen LogP contribution in [-0.2, 0) is 20.5 Å². The Labute approximate surface area is 95.7 Å². The van der Waals surface area contributed by atoms with Gasteiger partial charge in [0.25, 0.3) is 0 Å². The quantitative estimate of drug-likeness (QED) is 0.842. The lowest BCUT2D eigenvalue weighted by Gasteiger charge is -2.05. The fraction of sp³-hybridized carbons (Fsp3) is 0.417. The van der Waals surface area contributed by atoms with E-state index in [1.807, 2.05) is 18.7 Å². The number of rotatable bonds is 3. The Balaban J connectivity index is 2.44. The fourth-order valence-electron chi connectivity index (χ4n) is 2.07. The Morgan fingerprint density at radius 2 is 2.06 bits per heavy atom. The lowest BCUT2D eigenvalue weighted by atomic mass is 10.2. The van der Waals surface area contributed by atoms with Crippen molar-refractivity contribution in [2.45, 2.75) is 13.3 Å². The molecule has 0 unspecified atom stereocenters. The van der Waals surface area contributed by atoms with Crippen molar-refractivity contribution in [1.82, 2.24) is 14.3 Å². The molecule has 0 amide bonds. The van der Waals surface area contributed by atoms with Crippen LogP contribution >= 0.6 is 0 Å². The third-order valence-corrected chi connectivity index (χ3v) is 2.92. The van der Waals surface area contributed by atoms with Crippen LogP contribution in [0.4, 0.5) is 0 Å². The van der Waals surface area contributed by atoms with Crippen molar-refractivity contribution in [1.29, 1.82) is 0 Å². The van der Waals surface area contributed by atoms with E-state index in [-0.39, 0.29) is 0 Å². The molecule has 2 aromatic heterocycles. The van der Waals surface area contributed by atoms with Crippen LogP contribution in [0.2, 0.25) is 0 Å². The van der Waals surface area contributed by atoms with E-state index in [9.17, 15) is 0 Å². The second-order valence-corrected chi connectivity index (χ2v) is 4.11. The second-order valence-electron chi connectivity index (χ2n) is 4.11. The number of aryl methyl sites for hydroxylation is 2. The first-order chi connectivity index (χ1) is 7.63. The van der Waals surface area contributed by atoms with Crippen LogP contribution in [-0.4, -0.2) is 20.9 Å². The molecule has 2 N–H and O–H groups in total. The first-order valence-corrected chi connectivity index (χ1v) is 5.48. The van der Waals surface area contributed by atoms with E-state index >= 15 is 0 Å². The molecule has 0 aliphatic carbocycles. The number of nitrogens with two attached hydrogens (primary N) is 1. The molecule has 0 saturated heterocycles. The van der Waals surface area contributed by atoms with Gasteiger partial charge in [-0.05, 0) is 32.0 Å². The van der Waals surface area contributed by atoms with Crippen LogP contribution in [0.25, 0.3) is 11.3 Å². The van der Waals surface area contributed by atoms with E-state index in [0.29, 0.717) is 6.54 Å². The zero-order chi connectivity index (χ0) is 11.7. The summed E-state index contributed by atoms with van der Waals surface area (Å²) in [6.07, 6.45) is 2.96. The van der Waals surface area contributed by atoms with Gasteiger partial charge in [-0.3, -0.25) is 4.68 Å². The van der Waals surface area contributed by atoms with E-state index in [1.54, 1.807) is 0 Å². The minimum atomic E-state index is 0.684. The Hall–Kier alpha value is -1.55. The Bertz CT molecular complexity index is 493. The summed E-state index contributed by atoms with van der Waals surface area (Å²) in [6, 6.07) is 4.27. The minimum absolute atomic E-state index is 0.684. The van der Waals surface area contributed by atoms with Crippen molar-refractivity contribution in [3.63, 3.8) is 0 Å². The van der Waals surface area contributed by atoms with Gasteiger partial charge in [0, 0.05) is 31.5 Å². The second kappa shape index (κ2) is 4.14. The average Bonchev–Trinajstić information content (AvgIpc) is 2.73. The molecule has 0 fully saturated rings. The van der Waals surface area contributed by atoms with Gasteiger partial charge < -0.3 is 10.3 Å². The molecule has 2 aromatic rings. The molecule has 2 rings (SSSR count). The summed E-state index contributed by atoms with van der Waals surface area (Å²) in [7, 11) is 4.02. The van der Waals surface area contributed by atoms with Crippen molar-refractivity contribution >= 4 is 0 Å².